The van der Waals surface area contributed by atoms with Gasteiger partial charge >= 0.3 is 5.97 Å². The van der Waals surface area contributed by atoms with Crippen molar-refractivity contribution in [1.82, 2.24) is 20.1 Å². The van der Waals surface area contributed by atoms with Crippen LogP contribution in [0.1, 0.15) is 36.6 Å². The average Bonchev–Trinajstić information content (AvgIpc) is 3.21. The van der Waals surface area contributed by atoms with E-state index in [0.717, 1.165) is 16.7 Å². The van der Waals surface area contributed by atoms with Gasteiger partial charge in [-0.3, -0.25) is 9.59 Å². The van der Waals surface area contributed by atoms with Crippen LogP contribution in [0.3, 0.4) is 0 Å². The second-order valence-electron chi connectivity index (χ2n) is 7.64. The van der Waals surface area contributed by atoms with Gasteiger partial charge in [0, 0.05) is 17.1 Å². The third-order valence-corrected chi connectivity index (χ3v) is 6.42. The van der Waals surface area contributed by atoms with Gasteiger partial charge in [0.15, 0.2) is 17.6 Å². The van der Waals surface area contributed by atoms with Crippen molar-refractivity contribution < 1.29 is 14.3 Å². The molecule has 174 valence electrons. The fourth-order valence-electron chi connectivity index (χ4n) is 3.20. The lowest BCUT2D eigenvalue weighted by Gasteiger charge is -2.15. The first-order valence-corrected chi connectivity index (χ1v) is 12.0. The number of rotatable bonds is 9. The van der Waals surface area contributed by atoms with Crippen LogP contribution in [-0.2, 0) is 20.9 Å². The van der Waals surface area contributed by atoms with E-state index in [-0.39, 0.29) is 24.3 Å². The van der Waals surface area contributed by atoms with Gasteiger partial charge in [-0.05, 0) is 68.7 Å². The Morgan fingerprint density at radius 2 is 1.85 bits per heavy atom. The third-order valence-electron chi connectivity index (χ3n) is 5.23. The van der Waals surface area contributed by atoms with Crippen LogP contribution in [0, 0.1) is 13.8 Å². The monoisotopic (exact) mass is 486 g/mol. The first-order chi connectivity index (χ1) is 15.8. The summed E-state index contributed by atoms with van der Waals surface area (Å²) >= 11 is 7.18. The number of nitrogens with one attached hydrogen (secondary N) is 1. The molecule has 3 rings (SSSR count). The zero-order valence-corrected chi connectivity index (χ0v) is 20.7. The van der Waals surface area contributed by atoms with E-state index in [1.54, 1.807) is 12.1 Å². The molecule has 1 N–H and O–H groups in total. The normalized spacial score (nSPS) is 11.8. The molecule has 0 aliphatic carbocycles. The number of esters is 1. The number of aromatic nitrogens is 3. The van der Waals surface area contributed by atoms with Gasteiger partial charge in [-0.15, -0.1) is 10.2 Å². The molecule has 0 fully saturated rings. The summed E-state index contributed by atoms with van der Waals surface area (Å²) in [5.41, 5.74) is 4.25. The Morgan fingerprint density at radius 1 is 1.12 bits per heavy atom. The van der Waals surface area contributed by atoms with Crippen LogP contribution in [0.2, 0.25) is 5.02 Å². The number of thioether (sulfide) groups is 1. The van der Waals surface area contributed by atoms with Crippen molar-refractivity contribution in [3.05, 3.63) is 64.2 Å². The summed E-state index contributed by atoms with van der Waals surface area (Å²) < 4.78 is 7.06. The first-order valence-electron chi connectivity index (χ1n) is 10.6. The van der Waals surface area contributed by atoms with Crippen molar-refractivity contribution in [2.75, 3.05) is 12.4 Å². The van der Waals surface area contributed by atoms with Gasteiger partial charge in [-0.2, -0.15) is 0 Å². The molecule has 0 bridgehead atoms. The molecule has 0 saturated carbocycles. The number of aryl methyl sites for hydroxylation is 2. The number of ether oxygens (including phenoxy) is 1. The van der Waals surface area contributed by atoms with Gasteiger partial charge in [0.05, 0.1) is 11.8 Å². The zero-order valence-electron chi connectivity index (χ0n) is 19.1. The van der Waals surface area contributed by atoms with E-state index in [9.17, 15) is 9.59 Å². The summed E-state index contributed by atoms with van der Waals surface area (Å²) in [6.07, 6.45) is 0. The minimum absolute atomic E-state index is 0.0265. The van der Waals surface area contributed by atoms with Crippen LogP contribution < -0.4 is 5.32 Å². The molecule has 0 radical (unpaired) electrons. The van der Waals surface area contributed by atoms with Gasteiger partial charge in [-0.25, -0.2) is 0 Å². The van der Waals surface area contributed by atoms with E-state index >= 15 is 0 Å². The highest BCUT2D eigenvalue weighted by Gasteiger charge is 2.16. The van der Waals surface area contributed by atoms with E-state index in [4.69, 9.17) is 16.3 Å². The minimum atomic E-state index is -0.493. The smallest absolute Gasteiger partial charge is 0.316 e. The number of halogens is 1. The molecule has 2 aromatic carbocycles. The number of carbonyl (C=O) groups excluding carboxylic acids is 2. The Labute approximate surface area is 202 Å². The molecule has 1 atom stereocenters. The predicted octanol–water partition coefficient (Wildman–Crippen LogP) is 4.75. The van der Waals surface area contributed by atoms with Crippen molar-refractivity contribution in [3.63, 3.8) is 0 Å². The van der Waals surface area contributed by atoms with Crippen molar-refractivity contribution in [1.29, 1.82) is 0 Å². The Hall–Kier alpha value is -2.84. The van der Waals surface area contributed by atoms with Crippen LogP contribution in [0.5, 0.6) is 0 Å². The molecule has 9 heteroatoms. The molecule has 1 heterocycles. The van der Waals surface area contributed by atoms with E-state index in [0.29, 0.717) is 22.5 Å². The molecule has 0 spiro atoms. The van der Waals surface area contributed by atoms with Crippen LogP contribution in [-0.4, -0.2) is 39.0 Å². The van der Waals surface area contributed by atoms with Gasteiger partial charge < -0.3 is 14.6 Å². The third kappa shape index (κ3) is 6.58. The van der Waals surface area contributed by atoms with Gasteiger partial charge in [0.25, 0.3) is 5.91 Å². The van der Waals surface area contributed by atoms with Gasteiger partial charge in [0.2, 0.25) is 0 Å². The zero-order chi connectivity index (χ0) is 24.0. The summed E-state index contributed by atoms with van der Waals surface area (Å²) in [5, 5.41) is 12.5. The van der Waals surface area contributed by atoms with E-state index < -0.39 is 5.97 Å². The summed E-state index contributed by atoms with van der Waals surface area (Å²) in [6.45, 7) is 8.26. The van der Waals surface area contributed by atoms with Gasteiger partial charge in [0.1, 0.15) is 0 Å². The second kappa shape index (κ2) is 11.3. The fraction of sp³-hybridized carbons (Fsp3) is 0.333. The van der Waals surface area contributed by atoms with Gasteiger partial charge in [-0.1, -0.05) is 41.6 Å². The van der Waals surface area contributed by atoms with Crippen LogP contribution >= 0.6 is 23.4 Å². The number of hydrogen-bond donors (Lipinski definition) is 1. The van der Waals surface area contributed by atoms with Crippen molar-refractivity contribution in [2.24, 2.45) is 0 Å². The van der Waals surface area contributed by atoms with E-state index in [2.05, 4.69) is 15.5 Å². The first kappa shape index (κ1) is 24.8. The minimum Gasteiger partial charge on any atom is -0.455 e. The maximum Gasteiger partial charge on any atom is 0.316 e. The highest BCUT2D eigenvalue weighted by molar-refractivity contribution is 7.99. The number of amides is 1. The molecule has 3 aromatic rings. The summed E-state index contributed by atoms with van der Waals surface area (Å²) in [4.78, 5) is 24.4. The molecular weight excluding hydrogens is 460 g/mol. The largest absolute Gasteiger partial charge is 0.455 e. The standard InChI is InChI=1S/C24H27ClN4O3S/c1-5-29-23(18-8-10-20(25)11-9-18)27-28-24(29)33-14-22(31)32-13-21(30)26-17(4)19-7-6-15(2)16(3)12-19/h6-12,17H,5,13-14H2,1-4H3,(H,26,30). The summed E-state index contributed by atoms with van der Waals surface area (Å²) in [7, 11) is 0. The molecule has 1 amide bonds. The molecule has 1 unspecified atom stereocenters. The lowest BCUT2D eigenvalue weighted by Crippen LogP contribution is -2.31. The predicted molar refractivity (Wildman–Crippen MR) is 130 cm³/mol. The highest BCUT2D eigenvalue weighted by Crippen LogP contribution is 2.25. The Bertz CT molecular complexity index is 1130. The van der Waals surface area contributed by atoms with Crippen molar-refractivity contribution >= 4 is 35.2 Å². The molecule has 0 saturated heterocycles. The SMILES string of the molecule is CCn1c(SCC(=O)OCC(=O)NC(C)c2ccc(C)c(C)c2)nnc1-c1ccc(Cl)cc1. The molecular formula is C24H27ClN4O3S. The molecule has 1 aromatic heterocycles. The van der Waals surface area contributed by atoms with E-state index in [1.807, 2.05) is 62.6 Å². The maximum atomic E-state index is 12.2. The quantitative estimate of drug-likeness (QED) is 0.347. The average molecular weight is 487 g/mol. The molecule has 7 nitrogen and oxygen atoms in total. The maximum absolute atomic E-state index is 12.2. The molecule has 0 aliphatic heterocycles. The lowest BCUT2D eigenvalue weighted by molar-refractivity contribution is -0.146. The Balaban J connectivity index is 1.49. The van der Waals surface area contributed by atoms with Crippen LogP contribution in [0.15, 0.2) is 47.6 Å². The number of nitrogens with zero attached hydrogens (tertiary/aromatic N) is 3. The molecule has 0 aliphatic rings. The Kier molecular flexibility index (Phi) is 8.52. The molecule has 33 heavy (non-hydrogen) atoms. The summed E-state index contributed by atoms with van der Waals surface area (Å²) in [5.74, 6) is -0.114. The topological polar surface area (TPSA) is 86.1 Å². The van der Waals surface area contributed by atoms with Crippen LogP contribution in [0.4, 0.5) is 0 Å². The number of carbonyl (C=O) groups is 2. The Morgan fingerprint density at radius 3 is 2.52 bits per heavy atom. The fourth-order valence-corrected chi connectivity index (χ4v) is 4.13. The highest BCUT2D eigenvalue weighted by atomic mass is 35.5. The number of hydrogen-bond acceptors (Lipinski definition) is 6. The number of benzene rings is 2. The lowest BCUT2D eigenvalue weighted by atomic mass is 10.0. The van der Waals surface area contributed by atoms with Crippen molar-refractivity contribution in [3.8, 4) is 11.4 Å². The summed E-state index contributed by atoms with van der Waals surface area (Å²) in [6, 6.07) is 13.2. The van der Waals surface area contributed by atoms with Crippen molar-refractivity contribution in [2.45, 2.75) is 45.4 Å². The second-order valence-corrected chi connectivity index (χ2v) is 9.02. The van der Waals surface area contributed by atoms with E-state index in [1.165, 1.54) is 17.3 Å². The van der Waals surface area contributed by atoms with Crippen LogP contribution in [0.25, 0.3) is 11.4 Å².